The van der Waals surface area contributed by atoms with Crippen LogP contribution >= 0.6 is 24.4 Å². The Balaban J connectivity index is 3.69. The van der Waals surface area contributed by atoms with Crippen molar-refractivity contribution in [1.29, 1.82) is 0 Å². The molecule has 0 aliphatic carbocycles. The Hall–Kier alpha value is 0.130. The first-order chi connectivity index (χ1) is 4.59. The van der Waals surface area contributed by atoms with Crippen molar-refractivity contribution >= 4 is 30.4 Å². The minimum absolute atomic E-state index is 0.257. The van der Waals surface area contributed by atoms with Gasteiger partial charge >= 0.3 is 5.97 Å². The van der Waals surface area contributed by atoms with Gasteiger partial charge in [-0.1, -0.05) is 0 Å². The van der Waals surface area contributed by atoms with E-state index in [9.17, 15) is 4.79 Å². The van der Waals surface area contributed by atoms with Crippen LogP contribution in [0.3, 0.4) is 0 Å². The largest absolute Gasteiger partial charge is 0.480 e. The van der Waals surface area contributed by atoms with E-state index >= 15 is 0 Å². The van der Waals surface area contributed by atoms with Crippen LogP contribution in [-0.4, -0.2) is 34.4 Å². The van der Waals surface area contributed by atoms with Gasteiger partial charge in [0.15, 0.2) is 0 Å². The molecular formula is C5H11NO2S2. The molecule has 0 spiro atoms. The number of rotatable bonds is 4. The lowest BCUT2D eigenvalue weighted by molar-refractivity contribution is -0.138. The summed E-state index contributed by atoms with van der Waals surface area (Å²) >= 11 is 5.55. The Bertz CT molecular complexity index is 120. The van der Waals surface area contributed by atoms with Crippen molar-refractivity contribution in [3.63, 3.8) is 0 Å². The van der Waals surface area contributed by atoms with Gasteiger partial charge in [0.05, 0.1) is 0 Å². The predicted octanol–water partition coefficient (Wildman–Crippen LogP) is 0.0597. The highest BCUT2D eigenvalue weighted by Crippen LogP contribution is 2.06. The van der Waals surface area contributed by atoms with E-state index < -0.39 is 12.0 Å². The highest BCUT2D eigenvalue weighted by atomic mass is 32.2. The molecule has 0 heterocycles. The van der Waals surface area contributed by atoms with Gasteiger partial charge in [0.1, 0.15) is 6.04 Å². The van der Waals surface area contributed by atoms with E-state index in [1.165, 1.54) is 11.8 Å². The van der Waals surface area contributed by atoms with Crippen molar-refractivity contribution in [2.24, 2.45) is 5.73 Å². The molecule has 2 atom stereocenters. The van der Waals surface area contributed by atoms with Gasteiger partial charge in [0, 0.05) is 11.0 Å². The van der Waals surface area contributed by atoms with Crippen LogP contribution in [0, 0.1) is 0 Å². The summed E-state index contributed by atoms with van der Waals surface area (Å²) < 4.78 is 0. The van der Waals surface area contributed by atoms with E-state index in [0.29, 0.717) is 5.75 Å². The number of nitrogens with two attached hydrogens (primary N) is 1. The van der Waals surface area contributed by atoms with Gasteiger partial charge in [-0.25, -0.2) is 0 Å². The standard InChI is InChI=1S/C5H11NO2S2/c1-10-2-3(9)4(6)5(7)8/h3-4,9H,2,6H2,1H3,(H,7,8). The summed E-state index contributed by atoms with van der Waals surface area (Å²) in [5.41, 5.74) is 5.26. The fourth-order valence-electron chi connectivity index (χ4n) is 0.439. The average Bonchev–Trinajstić information content (AvgIpc) is 1.87. The van der Waals surface area contributed by atoms with Crippen LogP contribution in [0.1, 0.15) is 0 Å². The van der Waals surface area contributed by atoms with Crippen molar-refractivity contribution < 1.29 is 9.90 Å². The molecule has 3 N–H and O–H groups in total. The van der Waals surface area contributed by atoms with Crippen molar-refractivity contribution in [3.8, 4) is 0 Å². The highest BCUT2D eigenvalue weighted by Gasteiger charge is 2.19. The first-order valence-electron chi connectivity index (χ1n) is 2.75. The first-order valence-corrected chi connectivity index (χ1v) is 4.66. The number of carbonyl (C=O) groups is 1. The Morgan fingerprint density at radius 2 is 2.40 bits per heavy atom. The molecule has 0 aromatic carbocycles. The van der Waals surface area contributed by atoms with Crippen LogP contribution in [0.4, 0.5) is 0 Å². The quantitative estimate of drug-likeness (QED) is 0.537. The molecule has 10 heavy (non-hydrogen) atoms. The van der Waals surface area contributed by atoms with Crippen molar-refractivity contribution in [3.05, 3.63) is 0 Å². The van der Waals surface area contributed by atoms with Gasteiger partial charge in [-0.3, -0.25) is 4.79 Å². The molecular weight excluding hydrogens is 170 g/mol. The number of thiol groups is 1. The lowest BCUT2D eigenvalue weighted by Crippen LogP contribution is -2.40. The van der Waals surface area contributed by atoms with Gasteiger partial charge in [-0.2, -0.15) is 24.4 Å². The molecule has 0 amide bonds. The predicted molar refractivity (Wildman–Crippen MR) is 46.8 cm³/mol. The number of carboxylic acid groups (broad SMARTS) is 1. The van der Waals surface area contributed by atoms with Crippen LogP contribution in [0.2, 0.25) is 0 Å². The molecule has 0 rings (SSSR count). The summed E-state index contributed by atoms with van der Waals surface area (Å²) in [5.74, 6) is -0.328. The maximum Gasteiger partial charge on any atom is 0.321 e. The topological polar surface area (TPSA) is 63.3 Å². The van der Waals surface area contributed by atoms with Crippen LogP contribution in [0.5, 0.6) is 0 Å². The average molecular weight is 181 g/mol. The molecule has 2 unspecified atom stereocenters. The number of hydrogen-bond donors (Lipinski definition) is 3. The van der Waals surface area contributed by atoms with Gasteiger partial charge in [-0.15, -0.1) is 0 Å². The maximum absolute atomic E-state index is 10.2. The monoisotopic (exact) mass is 181 g/mol. The third kappa shape index (κ3) is 3.34. The van der Waals surface area contributed by atoms with Gasteiger partial charge in [0.25, 0.3) is 0 Å². The van der Waals surface area contributed by atoms with E-state index in [0.717, 1.165) is 0 Å². The number of thioether (sulfide) groups is 1. The molecule has 0 radical (unpaired) electrons. The first kappa shape index (κ1) is 10.1. The zero-order valence-corrected chi connectivity index (χ0v) is 7.36. The van der Waals surface area contributed by atoms with Crippen molar-refractivity contribution in [2.75, 3.05) is 12.0 Å². The van der Waals surface area contributed by atoms with Gasteiger partial charge in [0.2, 0.25) is 0 Å². The van der Waals surface area contributed by atoms with Crippen LogP contribution in [-0.2, 0) is 4.79 Å². The zero-order valence-electron chi connectivity index (χ0n) is 5.65. The summed E-state index contributed by atoms with van der Waals surface area (Å²) in [6, 6.07) is -0.851. The Morgan fingerprint density at radius 1 is 1.90 bits per heavy atom. The molecule has 0 saturated carbocycles. The normalized spacial score (nSPS) is 16.3. The third-order valence-corrected chi connectivity index (χ3v) is 2.48. The SMILES string of the molecule is CSCC(S)C(N)C(=O)O. The summed E-state index contributed by atoms with van der Waals surface area (Å²) in [7, 11) is 0. The summed E-state index contributed by atoms with van der Waals surface area (Å²) in [4.78, 5) is 10.2. The Labute approximate surface area is 69.8 Å². The zero-order chi connectivity index (χ0) is 8.15. The molecule has 0 aliphatic rings. The van der Waals surface area contributed by atoms with Crippen molar-refractivity contribution in [2.45, 2.75) is 11.3 Å². The van der Waals surface area contributed by atoms with E-state index in [2.05, 4.69) is 12.6 Å². The molecule has 0 aromatic heterocycles. The molecule has 3 nitrogen and oxygen atoms in total. The fraction of sp³-hybridized carbons (Fsp3) is 0.800. The molecule has 0 saturated heterocycles. The summed E-state index contributed by atoms with van der Waals surface area (Å²) in [6.07, 6.45) is 1.89. The number of carboxylic acids is 1. The molecule has 0 fully saturated rings. The highest BCUT2D eigenvalue weighted by molar-refractivity contribution is 7.99. The molecule has 0 bridgehead atoms. The molecule has 5 heteroatoms. The summed E-state index contributed by atoms with van der Waals surface area (Å²) in [6.45, 7) is 0. The second kappa shape index (κ2) is 4.87. The smallest absolute Gasteiger partial charge is 0.321 e. The summed E-state index contributed by atoms with van der Waals surface area (Å²) in [5, 5.41) is 8.14. The maximum atomic E-state index is 10.2. The van der Waals surface area contributed by atoms with E-state index in [1.54, 1.807) is 0 Å². The Kier molecular flexibility index (Phi) is 4.93. The van der Waals surface area contributed by atoms with Crippen LogP contribution < -0.4 is 5.73 Å². The molecule has 0 aliphatic heterocycles. The second-order valence-electron chi connectivity index (χ2n) is 1.89. The van der Waals surface area contributed by atoms with E-state index in [1.807, 2.05) is 6.26 Å². The number of hydrogen-bond acceptors (Lipinski definition) is 4. The lowest BCUT2D eigenvalue weighted by Gasteiger charge is -2.12. The van der Waals surface area contributed by atoms with Gasteiger partial charge in [-0.05, 0) is 6.26 Å². The van der Waals surface area contributed by atoms with E-state index in [-0.39, 0.29) is 5.25 Å². The third-order valence-electron chi connectivity index (χ3n) is 1.04. The lowest BCUT2D eigenvalue weighted by atomic mass is 10.2. The number of aliphatic carboxylic acids is 1. The minimum atomic E-state index is -0.992. The molecule has 0 aromatic rings. The van der Waals surface area contributed by atoms with Crippen LogP contribution in [0.25, 0.3) is 0 Å². The van der Waals surface area contributed by atoms with E-state index in [4.69, 9.17) is 10.8 Å². The molecule has 60 valence electrons. The Morgan fingerprint density at radius 3 is 2.70 bits per heavy atom. The second-order valence-corrected chi connectivity index (χ2v) is 3.46. The van der Waals surface area contributed by atoms with Crippen molar-refractivity contribution in [1.82, 2.24) is 0 Å². The fourth-order valence-corrected chi connectivity index (χ4v) is 1.56. The van der Waals surface area contributed by atoms with Crippen LogP contribution in [0.15, 0.2) is 0 Å². The van der Waals surface area contributed by atoms with Gasteiger partial charge < -0.3 is 10.8 Å². The minimum Gasteiger partial charge on any atom is -0.480 e.